The molecule has 1 aliphatic heterocycles. The third-order valence-corrected chi connectivity index (χ3v) is 7.98. The van der Waals surface area contributed by atoms with Crippen LogP contribution in [-0.2, 0) is 20.7 Å². The Hall–Kier alpha value is -2.76. The van der Waals surface area contributed by atoms with Crippen molar-refractivity contribution in [2.75, 3.05) is 33.5 Å². The highest BCUT2D eigenvalue weighted by atomic mass is 79.9. The van der Waals surface area contributed by atoms with E-state index in [1.807, 2.05) is 72.8 Å². The Morgan fingerprint density at radius 2 is 1.73 bits per heavy atom. The lowest BCUT2D eigenvalue weighted by molar-refractivity contribution is -0.130. The van der Waals surface area contributed by atoms with Crippen molar-refractivity contribution >= 4 is 43.7 Å². The van der Waals surface area contributed by atoms with E-state index in [-0.39, 0.29) is 18.9 Å². The van der Waals surface area contributed by atoms with Crippen molar-refractivity contribution in [3.63, 3.8) is 0 Å². The van der Waals surface area contributed by atoms with Crippen LogP contribution in [0.2, 0.25) is 0 Å². The van der Waals surface area contributed by atoms with E-state index in [4.69, 9.17) is 24.3 Å². The Kier molecular flexibility index (Phi) is 11.1. The van der Waals surface area contributed by atoms with Gasteiger partial charge in [-0.1, -0.05) is 68.3 Å². The molecule has 0 unspecified atom stereocenters. The number of aliphatic imine (C=N–C) groups is 1. The Labute approximate surface area is 251 Å². The fraction of sp³-hybridized carbons (Fsp3) is 0.333. The average Bonchev–Trinajstić information content (AvgIpc) is 3.35. The smallest absolute Gasteiger partial charge is 0.266 e. The third-order valence-electron chi connectivity index (χ3n) is 6.49. The number of halogens is 2. The molecule has 0 saturated heterocycles. The van der Waals surface area contributed by atoms with Crippen LogP contribution in [0.1, 0.15) is 35.6 Å². The van der Waals surface area contributed by atoms with Gasteiger partial charge in [-0.05, 0) is 48.4 Å². The predicted octanol–water partition coefficient (Wildman–Crippen LogP) is 5.13. The monoisotopic (exact) mass is 673 g/mol. The first-order valence-electron chi connectivity index (χ1n) is 13.1. The summed E-state index contributed by atoms with van der Waals surface area (Å²) < 4.78 is 19.1. The normalized spacial score (nSPS) is 18.2. The van der Waals surface area contributed by atoms with Gasteiger partial charge in [-0.2, -0.15) is 0 Å². The average molecular weight is 675 g/mol. The van der Waals surface area contributed by atoms with Crippen LogP contribution in [0, 0.1) is 0 Å². The molecule has 1 heterocycles. The highest BCUT2D eigenvalue weighted by molar-refractivity contribution is 9.10. The quantitative estimate of drug-likeness (QED) is 0.162. The lowest BCUT2D eigenvalue weighted by Gasteiger charge is -2.31. The number of rotatable bonds is 14. The van der Waals surface area contributed by atoms with Crippen LogP contribution in [0.25, 0.3) is 0 Å². The molecule has 3 aromatic carbocycles. The maximum absolute atomic E-state index is 14.1. The molecule has 2 atom stereocenters. The second-order valence-electron chi connectivity index (χ2n) is 9.31. The summed E-state index contributed by atoms with van der Waals surface area (Å²) in [4.78, 5) is 19.2. The lowest BCUT2D eigenvalue weighted by atomic mass is 9.82. The van der Waals surface area contributed by atoms with E-state index in [0.717, 1.165) is 32.1 Å². The topological polar surface area (TPSA) is 101 Å². The predicted molar refractivity (Wildman–Crippen MR) is 161 cm³/mol. The Morgan fingerprint density at radius 3 is 2.42 bits per heavy atom. The fourth-order valence-electron chi connectivity index (χ4n) is 4.44. The number of hydrogen-bond donors (Lipinski definition) is 3. The van der Waals surface area contributed by atoms with Crippen molar-refractivity contribution < 1.29 is 24.1 Å². The number of amides is 1. The zero-order valence-electron chi connectivity index (χ0n) is 22.2. The lowest BCUT2D eigenvalue weighted by Crippen LogP contribution is -2.54. The molecule has 8 nitrogen and oxygen atoms in total. The number of benzene rings is 3. The van der Waals surface area contributed by atoms with Crippen LogP contribution in [0.3, 0.4) is 0 Å². The molecule has 3 N–H and O–H groups in total. The van der Waals surface area contributed by atoms with Gasteiger partial charge in [0.15, 0.2) is 11.6 Å². The molecular formula is C30H33Br2N3O5. The highest BCUT2D eigenvalue weighted by Gasteiger charge is 2.54. The van der Waals surface area contributed by atoms with E-state index < -0.39 is 11.6 Å². The van der Waals surface area contributed by atoms with Crippen LogP contribution in [-0.4, -0.2) is 55.9 Å². The summed E-state index contributed by atoms with van der Waals surface area (Å²) in [6, 6.07) is 22.9. The second kappa shape index (κ2) is 14.7. The van der Waals surface area contributed by atoms with E-state index >= 15 is 0 Å². The van der Waals surface area contributed by atoms with Gasteiger partial charge in [-0.15, -0.1) is 0 Å². The van der Waals surface area contributed by atoms with E-state index in [0.29, 0.717) is 37.8 Å². The molecule has 3 aromatic rings. The van der Waals surface area contributed by atoms with E-state index in [2.05, 4.69) is 42.7 Å². The molecule has 10 heteroatoms. The number of hydrazine groups is 1. The molecule has 40 heavy (non-hydrogen) atoms. The second-order valence-corrected chi connectivity index (χ2v) is 11.0. The van der Waals surface area contributed by atoms with Gasteiger partial charge in [0.2, 0.25) is 5.90 Å². The molecule has 0 fully saturated rings. The summed E-state index contributed by atoms with van der Waals surface area (Å²) >= 11 is 7.32. The van der Waals surface area contributed by atoms with Gasteiger partial charge in [0, 0.05) is 59.8 Å². The maximum Gasteiger partial charge on any atom is 0.266 e. The van der Waals surface area contributed by atoms with Gasteiger partial charge in [0.1, 0.15) is 5.75 Å². The number of nitrogens with zero attached hydrogens (tertiary/aromatic N) is 1. The van der Waals surface area contributed by atoms with Crippen LogP contribution < -0.4 is 15.6 Å². The minimum absolute atomic E-state index is 0.0715. The van der Waals surface area contributed by atoms with Crippen LogP contribution >= 0.6 is 31.9 Å². The van der Waals surface area contributed by atoms with Crippen LogP contribution in [0.4, 0.5) is 0 Å². The number of methoxy groups -OCH3 is 1. The molecule has 1 amide bonds. The van der Waals surface area contributed by atoms with Gasteiger partial charge in [-0.25, -0.2) is 10.4 Å². The number of carbonyl (C=O) groups is 1. The largest absolute Gasteiger partial charge is 0.494 e. The fourth-order valence-corrected chi connectivity index (χ4v) is 5.35. The number of ether oxygens (including phenoxy) is 3. The first kappa shape index (κ1) is 30.2. The van der Waals surface area contributed by atoms with E-state index in [9.17, 15) is 4.79 Å². The van der Waals surface area contributed by atoms with E-state index in [1.54, 1.807) is 7.11 Å². The molecule has 4 rings (SSSR count). The van der Waals surface area contributed by atoms with Crippen LogP contribution in [0.15, 0.2) is 86.7 Å². The minimum Gasteiger partial charge on any atom is -0.494 e. The molecule has 0 aromatic heterocycles. The first-order valence-corrected chi connectivity index (χ1v) is 14.7. The number of carbonyl (C=O) groups excluding carboxylic acids is 1. The Balaban J connectivity index is 1.74. The summed E-state index contributed by atoms with van der Waals surface area (Å²) in [7, 11) is 1.65. The van der Waals surface area contributed by atoms with Crippen molar-refractivity contribution in [3.05, 3.63) is 98.4 Å². The number of aliphatic hydroxyl groups excluding tert-OH is 1. The van der Waals surface area contributed by atoms with Gasteiger partial charge in [0.25, 0.3) is 5.91 Å². The highest BCUT2D eigenvalue weighted by Crippen LogP contribution is 2.45. The van der Waals surface area contributed by atoms with E-state index in [1.165, 1.54) is 0 Å². The molecule has 0 radical (unpaired) electrons. The Morgan fingerprint density at radius 1 is 1.00 bits per heavy atom. The van der Waals surface area contributed by atoms with Crippen molar-refractivity contribution in [1.29, 1.82) is 0 Å². The summed E-state index contributed by atoms with van der Waals surface area (Å²) in [5, 5.41) is 9.02. The maximum atomic E-state index is 14.1. The van der Waals surface area contributed by atoms with Crippen molar-refractivity contribution in [3.8, 4) is 5.75 Å². The SMILES string of the molecule is COCCCNNC(=O)[C@@]1(Cc2ccccc2Br)N=C(c2ccc(OCCCO)cc2)O[C@H]1c1ccccc1Br. The first-order chi connectivity index (χ1) is 19.5. The van der Waals surface area contributed by atoms with Gasteiger partial charge in [0.05, 0.1) is 6.61 Å². The molecule has 1 aliphatic rings. The summed E-state index contributed by atoms with van der Waals surface area (Å²) in [5.41, 5.74) is 7.06. The number of nitrogens with one attached hydrogen (secondary N) is 2. The summed E-state index contributed by atoms with van der Waals surface area (Å²) in [6.45, 7) is 1.61. The van der Waals surface area contributed by atoms with Gasteiger partial charge >= 0.3 is 0 Å². The standard InChI is InChI=1S/C30H33Br2N3O5/c1-38-18-6-16-33-35-29(37)30(20-22-8-2-4-10-25(22)31)27(24-9-3-5-11-26(24)32)40-28(34-30)21-12-14-23(15-13-21)39-19-7-17-36/h2-5,8-15,27,33,36H,6-7,16-20H2,1H3,(H,35,37)/t27-,30-/m0/s1. The van der Waals surface area contributed by atoms with Gasteiger partial charge in [-0.3, -0.25) is 10.2 Å². The minimum atomic E-state index is -1.33. The van der Waals surface area contributed by atoms with Gasteiger partial charge < -0.3 is 19.3 Å². The number of hydrogen-bond acceptors (Lipinski definition) is 7. The summed E-state index contributed by atoms with van der Waals surface area (Å²) in [6.07, 6.45) is 0.862. The summed E-state index contributed by atoms with van der Waals surface area (Å²) in [5.74, 6) is 0.736. The van der Waals surface area contributed by atoms with Crippen LogP contribution in [0.5, 0.6) is 5.75 Å². The zero-order valence-corrected chi connectivity index (χ0v) is 25.4. The molecule has 0 spiro atoms. The molecule has 212 valence electrons. The molecule has 0 aliphatic carbocycles. The van der Waals surface area contributed by atoms with Crippen molar-refractivity contribution in [1.82, 2.24) is 10.9 Å². The van der Waals surface area contributed by atoms with Crippen molar-refractivity contribution in [2.24, 2.45) is 4.99 Å². The van der Waals surface area contributed by atoms with Crippen molar-refractivity contribution in [2.45, 2.75) is 30.9 Å². The molecule has 0 bridgehead atoms. The molecule has 0 saturated carbocycles. The Bertz CT molecular complexity index is 1300. The number of aliphatic hydroxyl groups is 1. The molecular weight excluding hydrogens is 642 g/mol. The zero-order chi connectivity index (χ0) is 28.4. The third kappa shape index (κ3) is 7.30.